The second kappa shape index (κ2) is 14.2. The Morgan fingerprint density at radius 2 is 1.46 bits per heavy atom. The quantitative estimate of drug-likeness (QED) is 0.370. The summed E-state index contributed by atoms with van der Waals surface area (Å²) in [6.45, 7) is 6.66. The highest BCUT2D eigenvalue weighted by Crippen LogP contribution is 2.12. The summed E-state index contributed by atoms with van der Waals surface area (Å²) in [6, 6.07) is 8.32. The molecule has 0 saturated carbocycles. The first-order chi connectivity index (χ1) is 11.7. The molecule has 0 aliphatic rings. The average molecular weight is 332 g/mol. The van der Waals surface area contributed by atoms with E-state index in [1.165, 1.54) is 75.5 Å². The fourth-order valence-corrected chi connectivity index (χ4v) is 2.92. The van der Waals surface area contributed by atoms with Gasteiger partial charge in [0, 0.05) is 6.61 Å². The third-order valence-corrected chi connectivity index (χ3v) is 4.43. The van der Waals surface area contributed by atoms with Crippen LogP contribution in [0, 0.1) is 0 Å². The van der Waals surface area contributed by atoms with Gasteiger partial charge in [0.2, 0.25) is 0 Å². The average Bonchev–Trinajstić information content (AvgIpc) is 2.59. The summed E-state index contributed by atoms with van der Waals surface area (Å²) in [5.41, 5.74) is 2.42. The van der Waals surface area contributed by atoms with E-state index in [-0.39, 0.29) is 0 Å². The fourth-order valence-electron chi connectivity index (χ4n) is 2.92. The molecule has 0 amide bonds. The summed E-state index contributed by atoms with van der Waals surface area (Å²) in [5, 5.41) is 0. The second-order valence-corrected chi connectivity index (χ2v) is 6.94. The van der Waals surface area contributed by atoms with E-state index in [0.717, 1.165) is 6.61 Å². The van der Waals surface area contributed by atoms with Gasteiger partial charge in [-0.15, -0.1) is 0 Å². The van der Waals surface area contributed by atoms with Crippen LogP contribution in [0.1, 0.15) is 68.9 Å². The number of ether oxygens (including phenoxy) is 1. The van der Waals surface area contributed by atoms with Crippen LogP contribution in [0.15, 0.2) is 30.8 Å². The molecule has 2 heteroatoms. The molecule has 0 aliphatic heterocycles. The zero-order valence-electron chi connectivity index (χ0n) is 15.9. The summed E-state index contributed by atoms with van der Waals surface area (Å²) in [5.74, 6) is 0. The maximum absolute atomic E-state index is 5.80. The molecule has 0 bridgehead atoms. The lowest BCUT2D eigenvalue weighted by atomic mass is 10.1. The van der Waals surface area contributed by atoms with Gasteiger partial charge in [0.05, 0.1) is 6.61 Å². The molecular weight excluding hydrogens is 294 g/mol. The van der Waals surface area contributed by atoms with Gasteiger partial charge in [0.25, 0.3) is 0 Å². The molecule has 0 fully saturated rings. The van der Waals surface area contributed by atoms with Crippen LogP contribution in [0.2, 0.25) is 0 Å². The topological polar surface area (TPSA) is 12.5 Å². The normalized spacial score (nSPS) is 11.1. The highest BCUT2D eigenvalue weighted by atomic mass is 16.5. The molecule has 0 saturated heterocycles. The molecule has 2 nitrogen and oxygen atoms in total. The predicted molar refractivity (Wildman–Crippen MR) is 106 cm³/mol. The van der Waals surface area contributed by atoms with Crippen molar-refractivity contribution in [3.63, 3.8) is 0 Å². The summed E-state index contributed by atoms with van der Waals surface area (Å²) >= 11 is 0. The molecule has 24 heavy (non-hydrogen) atoms. The zero-order valence-corrected chi connectivity index (χ0v) is 15.9. The van der Waals surface area contributed by atoms with Crippen LogP contribution < -0.4 is 0 Å². The predicted octanol–water partition coefficient (Wildman–Crippen LogP) is 5.92. The Bertz CT molecular complexity index is 428. The van der Waals surface area contributed by atoms with Crippen LogP contribution in [0.3, 0.4) is 0 Å². The van der Waals surface area contributed by atoms with Crippen molar-refractivity contribution in [2.75, 3.05) is 27.2 Å². The van der Waals surface area contributed by atoms with Crippen molar-refractivity contribution in [3.05, 3.63) is 42.0 Å². The maximum atomic E-state index is 5.80. The molecule has 0 heterocycles. The summed E-state index contributed by atoms with van der Waals surface area (Å²) in [4.78, 5) is 2.28. The Labute approximate surface area is 149 Å². The molecule has 0 N–H and O–H groups in total. The first kappa shape index (κ1) is 20.9. The van der Waals surface area contributed by atoms with Crippen LogP contribution in [-0.4, -0.2) is 32.1 Å². The largest absolute Gasteiger partial charge is 0.377 e. The number of hydrogen-bond acceptors (Lipinski definition) is 2. The molecule has 0 radical (unpaired) electrons. The molecule has 0 aliphatic carbocycles. The van der Waals surface area contributed by atoms with E-state index in [1.807, 2.05) is 12.1 Å². The molecule has 1 aromatic carbocycles. The van der Waals surface area contributed by atoms with Crippen molar-refractivity contribution in [2.24, 2.45) is 0 Å². The first-order valence-electron chi connectivity index (χ1n) is 9.67. The standard InChI is InChI=1S/C22H37NO/c1-4-21-16-12-13-17-22(21)20-24-19-15-11-9-7-5-6-8-10-14-18-23(2)3/h4,12-13,16-17H,1,5-11,14-15,18-20H2,2-3H3. The third-order valence-electron chi connectivity index (χ3n) is 4.43. The lowest BCUT2D eigenvalue weighted by Gasteiger charge is -2.08. The van der Waals surface area contributed by atoms with E-state index >= 15 is 0 Å². The van der Waals surface area contributed by atoms with Gasteiger partial charge in [-0.05, 0) is 44.6 Å². The Hall–Kier alpha value is -1.12. The number of unbranched alkanes of at least 4 members (excludes halogenated alkanes) is 8. The van der Waals surface area contributed by atoms with E-state index in [4.69, 9.17) is 4.74 Å². The highest BCUT2D eigenvalue weighted by Gasteiger charge is 1.98. The van der Waals surface area contributed by atoms with Crippen molar-refractivity contribution >= 4 is 6.08 Å². The monoisotopic (exact) mass is 331 g/mol. The van der Waals surface area contributed by atoms with Gasteiger partial charge in [0.15, 0.2) is 0 Å². The van der Waals surface area contributed by atoms with E-state index < -0.39 is 0 Å². The van der Waals surface area contributed by atoms with Gasteiger partial charge in [-0.1, -0.05) is 81.9 Å². The molecule has 0 atom stereocenters. The van der Waals surface area contributed by atoms with Crippen molar-refractivity contribution < 1.29 is 4.74 Å². The molecule has 1 aromatic rings. The Morgan fingerprint density at radius 1 is 0.875 bits per heavy atom. The van der Waals surface area contributed by atoms with Gasteiger partial charge in [-0.25, -0.2) is 0 Å². The molecule has 0 unspecified atom stereocenters. The van der Waals surface area contributed by atoms with E-state index in [0.29, 0.717) is 6.61 Å². The molecular formula is C22H37NO. The van der Waals surface area contributed by atoms with Crippen LogP contribution in [-0.2, 0) is 11.3 Å². The number of nitrogens with zero attached hydrogens (tertiary/aromatic N) is 1. The minimum atomic E-state index is 0.704. The van der Waals surface area contributed by atoms with Gasteiger partial charge in [0.1, 0.15) is 0 Å². The second-order valence-electron chi connectivity index (χ2n) is 6.94. The van der Waals surface area contributed by atoms with Crippen LogP contribution in [0.5, 0.6) is 0 Å². The van der Waals surface area contributed by atoms with E-state index in [1.54, 1.807) is 0 Å². The zero-order chi connectivity index (χ0) is 17.5. The van der Waals surface area contributed by atoms with Gasteiger partial charge >= 0.3 is 0 Å². The Morgan fingerprint density at radius 3 is 2.08 bits per heavy atom. The number of rotatable bonds is 15. The highest BCUT2D eigenvalue weighted by molar-refractivity contribution is 5.51. The minimum Gasteiger partial charge on any atom is -0.377 e. The first-order valence-corrected chi connectivity index (χ1v) is 9.67. The summed E-state index contributed by atoms with van der Waals surface area (Å²) < 4.78 is 5.80. The van der Waals surface area contributed by atoms with Crippen molar-refractivity contribution in [3.8, 4) is 0 Å². The van der Waals surface area contributed by atoms with Crippen molar-refractivity contribution in [2.45, 2.75) is 64.4 Å². The Kier molecular flexibility index (Phi) is 12.4. The van der Waals surface area contributed by atoms with Gasteiger partial charge in [-0.2, -0.15) is 0 Å². The number of hydrogen-bond donors (Lipinski definition) is 0. The lowest BCUT2D eigenvalue weighted by Crippen LogP contribution is -2.12. The summed E-state index contributed by atoms with van der Waals surface area (Å²) in [7, 11) is 4.31. The van der Waals surface area contributed by atoms with Crippen LogP contribution in [0.4, 0.5) is 0 Å². The third kappa shape index (κ3) is 10.6. The van der Waals surface area contributed by atoms with E-state index in [2.05, 4.69) is 43.8 Å². The molecule has 0 spiro atoms. The van der Waals surface area contributed by atoms with Crippen LogP contribution in [0.25, 0.3) is 6.08 Å². The van der Waals surface area contributed by atoms with E-state index in [9.17, 15) is 0 Å². The maximum Gasteiger partial charge on any atom is 0.0722 e. The molecule has 136 valence electrons. The summed E-state index contributed by atoms with van der Waals surface area (Å²) in [6.07, 6.45) is 14.0. The molecule has 0 aromatic heterocycles. The van der Waals surface area contributed by atoms with Crippen molar-refractivity contribution in [1.29, 1.82) is 0 Å². The lowest BCUT2D eigenvalue weighted by molar-refractivity contribution is 0.116. The van der Waals surface area contributed by atoms with Gasteiger partial charge in [-0.3, -0.25) is 0 Å². The smallest absolute Gasteiger partial charge is 0.0722 e. The number of benzene rings is 1. The van der Waals surface area contributed by atoms with Crippen LogP contribution >= 0.6 is 0 Å². The molecule has 1 rings (SSSR count). The van der Waals surface area contributed by atoms with Crippen molar-refractivity contribution in [1.82, 2.24) is 4.90 Å². The minimum absolute atomic E-state index is 0.704. The SMILES string of the molecule is C=Cc1ccccc1COCCCCCCCCCCCN(C)C. The fraction of sp³-hybridized carbons (Fsp3) is 0.636. The Balaban J connectivity index is 1.86. The van der Waals surface area contributed by atoms with Gasteiger partial charge < -0.3 is 9.64 Å².